The molecule has 1 aromatic rings. The van der Waals surface area contributed by atoms with Crippen molar-refractivity contribution in [2.75, 3.05) is 18.6 Å². The van der Waals surface area contributed by atoms with Gasteiger partial charge < -0.3 is 9.84 Å². The molecule has 0 aromatic heterocycles. The number of benzene rings is 1. The van der Waals surface area contributed by atoms with Crippen LogP contribution in [-0.4, -0.2) is 23.7 Å². The van der Waals surface area contributed by atoms with Gasteiger partial charge in [-0.2, -0.15) is 11.8 Å². The fourth-order valence-electron chi connectivity index (χ4n) is 1.27. The lowest BCUT2D eigenvalue weighted by molar-refractivity contribution is 0.263. The second-order valence-electron chi connectivity index (χ2n) is 3.23. The van der Waals surface area contributed by atoms with Crippen LogP contribution in [0.5, 0.6) is 5.75 Å². The minimum Gasteiger partial charge on any atom is -0.492 e. The number of aliphatic hydroxyl groups is 1. The van der Waals surface area contributed by atoms with E-state index in [1.165, 1.54) is 0 Å². The molecule has 0 saturated carbocycles. The number of hydrogen-bond donors (Lipinski definition) is 1. The summed E-state index contributed by atoms with van der Waals surface area (Å²) in [5, 5.41) is 10.1. The Bertz CT molecular complexity index is 345. The monoisotopic (exact) mass is 280 g/mol. The van der Waals surface area contributed by atoms with E-state index in [0.29, 0.717) is 28.0 Å². The van der Waals surface area contributed by atoms with Crippen molar-refractivity contribution in [3.05, 3.63) is 27.7 Å². The SMILES string of the molecule is CSCCCOc1c(Cl)cc(Cl)cc1CO. The predicted molar refractivity (Wildman–Crippen MR) is 70.9 cm³/mol. The molecule has 0 heterocycles. The molecule has 0 aliphatic carbocycles. The van der Waals surface area contributed by atoms with E-state index in [2.05, 4.69) is 6.26 Å². The molecular weight excluding hydrogens is 267 g/mol. The first kappa shape index (κ1) is 14.0. The Hall–Kier alpha value is -0.0900. The molecule has 0 fully saturated rings. The molecule has 0 spiro atoms. The number of thioether (sulfide) groups is 1. The van der Waals surface area contributed by atoms with E-state index in [1.54, 1.807) is 23.9 Å². The van der Waals surface area contributed by atoms with E-state index in [-0.39, 0.29) is 6.61 Å². The molecule has 16 heavy (non-hydrogen) atoms. The molecular formula is C11H14Cl2O2S. The summed E-state index contributed by atoms with van der Waals surface area (Å²) in [6.45, 7) is 0.466. The highest BCUT2D eigenvalue weighted by Gasteiger charge is 2.09. The summed E-state index contributed by atoms with van der Waals surface area (Å²) < 4.78 is 5.55. The second-order valence-corrected chi connectivity index (χ2v) is 5.06. The zero-order chi connectivity index (χ0) is 12.0. The average Bonchev–Trinajstić information content (AvgIpc) is 2.26. The van der Waals surface area contributed by atoms with Crippen LogP contribution in [-0.2, 0) is 6.61 Å². The molecule has 0 radical (unpaired) electrons. The van der Waals surface area contributed by atoms with Crippen molar-refractivity contribution in [2.45, 2.75) is 13.0 Å². The number of aliphatic hydroxyl groups excluding tert-OH is 1. The average molecular weight is 281 g/mol. The summed E-state index contributed by atoms with van der Waals surface area (Å²) in [6.07, 6.45) is 3.00. The van der Waals surface area contributed by atoms with E-state index in [4.69, 9.17) is 33.0 Å². The van der Waals surface area contributed by atoms with Crippen molar-refractivity contribution >= 4 is 35.0 Å². The molecule has 90 valence electrons. The summed E-state index contributed by atoms with van der Waals surface area (Å²) in [6, 6.07) is 3.28. The quantitative estimate of drug-likeness (QED) is 0.808. The van der Waals surface area contributed by atoms with Gasteiger partial charge in [0.15, 0.2) is 0 Å². The van der Waals surface area contributed by atoms with Gasteiger partial charge >= 0.3 is 0 Å². The maximum atomic E-state index is 9.17. The smallest absolute Gasteiger partial charge is 0.143 e. The second kappa shape index (κ2) is 7.28. The van der Waals surface area contributed by atoms with Gasteiger partial charge in [-0.25, -0.2) is 0 Å². The van der Waals surface area contributed by atoms with Crippen LogP contribution in [0, 0.1) is 0 Å². The molecule has 1 rings (SSSR count). The Balaban J connectivity index is 2.70. The first-order valence-electron chi connectivity index (χ1n) is 4.89. The fraction of sp³-hybridized carbons (Fsp3) is 0.455. The van der Waals surface area contributed by atoms with Crippen molar-refractivity contribution < 1.29 is 9.84 Å². The molecule has 1 N–H and O–H groups in total. The predicted octanol–water partition coefficient (Wildman–Crippen LogP) is 3.62. The third kappa shape index (κ3) is 4.06. The Labute approximate surface area is 110 Å². The molecule has 2 nitrogen and oxygen atoms in total. The normalized spacial score (nSPS) is 10.5. The highest BCUT2D eigenvalue weighted by molar-refractivity contribution is 7.98. The van der Waals surface area contributed by atoms with Crippen molar-refractivity contribution in [3.8, 4) is 5.75 Å². The topological polar surface area (TPSA) is 29.5 Å². The molecule has 0 atom stereocenters. The number of hydrogen-bond acceptors (Lipinski definition) is 3. The minimum atomic E-state index is -0.127. The largest absolute Gasteiger partial charge is 0.492 e. The highest BCUT2D eigenvalue weighted by atomic mass is 35.5. The zero-order valence-electron chi connectivity index (χ0n) is 9.00. The highest BCUT2D eigenvalue weighted by Crippen LogP contribution is 2.32. The molecule has 1 aromatic carbocycles. The van der Waals surface area contributed by atoms with Crippen molar-refractivity contribution in [3.63, 3.8) is 0 Å². The number of rotatable bonds is 6. The Kier molecular flexibility index (Phi) is 6.36. The van der Waals surface area contributed by atoms with Gasteiger partial charge in [0.05, 0.1) is 18.2 Å². The van der Waals surface area contributed by atoms with Crippen LogP contribution in [0.2, 0.25) is 10.0 Å². The Morgan fingerprint density at radius 3 is 2.75 bits per heavy atom. The van der Waals surface area contributed by atoms with E-state index < -0.39 is 0 Å². The van der Waals surface area contributed by atoms with Crippen molar-refractivity contribution in [1.29, 1.82) is 0 Å². The van der Waals surface area contributed by atoms with Gasteiger partial charge in [0.25, 0.3) is 0 Å². The van der Waals surface area contributed by atoms with E-state index in [9.17, 15) is 0 Å². The Morgan fingerprint density at radius 2 is 2.12 bits per heavy atom. The summed E-state index contributed by atoms with van der Waals surface area (Å²) in [7, 11) is 0. The molecule has 0 aliphatic rings. The first-order valence-corrected chi connectivity index (χ1v) is 7.04. The van der Waals surface area contributed by atoms with Crippen LogP contribution >= 0.6 is 35.0 Å². The summed E-state index contributed by atoms with van der Waals surface area (Å²) in [5.74, 6) is 1.58. The van der Waals surface area contributed by atoms with Crippen LogP contribution < -0.4 is 4.74 Å². The molecule has 0 unspecified atom stereocenters. The fourth-order valence-corrected chi connectivity index (χ4v) is 2.27. The molecule has 0 aliphatic heterocycles. The summed E-state index contributed by atoms with van der Waals surface area (Å²) >= 11 is 13.6. The summed E-state index contributed by atoms with van der Waals surface area (Å²) in [4.78, 5) is 0. The van der Waals surface area contributed by atoms with Crippen LogP contribution in [0.4, 0.5) is 0 Å². The van der Waals surface area contributed by atoms with E-state index in [0.717, 1.165) is 12.2 Å². The maximum absolute atomic E-state index is 9.17. The standard InChI is InChI=1S/C11H14Cl2O2S/c1-16-4-2-3-15-11-8(7-14)5-9(12)6-10(11)13/h5-6,14H,2-4,7H2,1H3. The van der Waals surface area contributed by atoms with Crippen molar-refractivity contribution in [1.82, 2.24) is 0 Å². The summed E-state index contributed by atoms with van der Waals surface area (Å²) in [5.41, 5.74) is 0.627. The zero-order valence-corrected chi connectivity index (χ0v) is 11.3. The first-order chi connectivity index (χ1) is 7.69. The van der Waals surface area contributed by atoms with Crippen LogP contribution in [0.15, 0.2) is 12.1 Å². The number of ether oxygens (including phenoxy) is 1. The molecule has 5 heteroatoms. The van der Waals surface area contributed by atoms with Gasteiger partial charge in [0.1, 0.15) is 5.75 Å². The van der Waals surface area contributed by atoms with Crippen LogP contribution in [0.1, 0.15) is 12.0 Å². The van der Waals surface area contributed by atoms with Gasteiger partial charge in [0, 0.05) is 10.6 Å². The van der Waals surface area contributed by atoms with Gasteiger partial charge in [0.2, 0.25) is 0 Å². The van der Waals surface area contributed by atoms with Gasteiger partial charge in [-0.15, -0.1) is 0 Å². The van der Waals surface area contributed by atoms with Gasteiger partial charge in [-0.3, -0.25) is 0 Å². The number of halogens is 2. The minimum absolute atomic E-state index is 0.127. The maximum Gasteiger partial charge on any atom is 0.143 e. The van der Waals surface area contributed by atoms with Crippen LogP contribution in [0.25, 0.3) is 0 Å². The molecule has 0 bridgehead atoms. The molecule has 0 saturated heterocycles. The third-order valence-electron chi connectivity index (χ3n) is 1.99. The Morgan fingerprint density at radius 1 is 1.38 bits per heavy atom. The lowest BCUT2D eigenvalue weighted by Crippen LogP contribution is -2.02. The van der Waals surface area contributed by atoms with Crippen LogP contribution in [0.3, 0.4) is 0 Å². The molecule has 0 amide bonds. The van der Waals surface area contributed by atoms with E-state index in [1.807, 2.05) is 0 Å². The van der Waals surface area contributed by atoms with Crippen molar-refractivity contribution in [2.24, 2.45) is 0 Å². The van der Waals surface area contributed by atoms with Gasteiger partial charge in [-0.1, -0.05) is 23.2 Å². The third-order valence-corrected chi connectivity index (χ3v) is 3.19. The lowest BCUT2D eigenvalue weighted by atomic mass is 10.2. The van der Waals surface area contributed by atoms with Gasteiger partial charge in [-0.05, 0) is 30.6 Å². The van der Waals surface area contributed by atoms with E-state index >= 15 is 0 Å². The lowest BCUT2D eigenvalue weighted by Gasteiger charge is -2.12.